The molecule has 0 aliphatic carbocycles. The fraction of sp³-hybridized carbons (Fsp3) is 0.364. The van der Waals surface area contributed by atoms with Crippen LogP contribution in [-0.4, -0.2) is 4.98 Å². The average Bonchev–Trinajstić information content (AvgIpc) is 2.19. The summed E-state index contributed by atoms with van der Waals surface area (Å²) in [7, 11) is 0. The lowest BCUT2D eigenvalue weighted by atomic mass is 10.3. The van der Waals surface area contributed by atoms with Gasteiger partial charge in [-0.15, -0.1) is 0 Å². The van der Waals surface area contributed by atoms with E-state index in [9.17, 15) is 4.39 Å². The molecule has 0 spiro atoms. The Balaban J connectivity index is 2.73. The van der Waals surface area contributed by atoms with Gasteiger partial charge in [-0.3, -0.25) is 0 Å². The van der Waals surface area contributed by atoms with Gasteiger partial charge in [-0.05, 0) is 24.5 Å². The number of halogens is 1. The quantitative estimate of drug-likeness (QED) is 0.633. The van der Waals surface area contributed by atoms with Gasteiger partial charge in [0.1, 0.15) is 12.4 Å². The van der Waals surface area contributed by atoms with Gasteiger partial charge in [0.2, 0.25) is 0 Å². The highest BCUT2D eigenvalue weighted by Gasteiger charge is 1.92. The second-order valence-corrected chi connectivity index (χ2v) is 2.70. The summed E-state index contributed by atoms with van der Waals surface area (Å²) in [4.78, 5) is 4.01. The van der Waals surface area contributed by atoms with Crippen molar-refractivity contribution in [3.8, 4) is 11.8 Å². The molecule has 0 bridgehead atoms. The summed E-state index contributed by atoms with van der Waals surface area (Å²) in [6.45, 7) is 1.55. The van der Waals surface area contributed by atoms with E-state index in [1.165, 1.54) is 0 Å². The van der Waals surface area contributed by atoms with Gasteiger partial charge < -0.3 is 0 Å². The first-order valence-electron chi connectivity index (χ1n) is 4.37. The fourth-order valence-electron chi connectivity index (χ4n) is 0.902. The average molecular weight is 177 g/mol. The number of rotatable bonds is 2. The smallest absolute Gasteiger partial charge is 0.131 e. The molecule has 0 saturated carbocycles. The van der Waals surface area contributed by atoms with Crippen molar-refractivity contribution in [1.82, 2.24) is 4.98 Å². The van der Waals surface area contributed by atoms with Crippen LogP contribution in [0.25, 0.3) is 0 Å². The Kier molecular flexibility index (Phi) is 3.98. The van der Waals surface area contributed by atoms with Crippen molar-refractivity contribution >= 4 is 0 Å². The Labute approximate surface area is 78.0 Å². The van der Waals surface area contributed by atoms with Gasteiger partial charge in [-0.25, -0.2) is 9.37 Å². The molecule has 1 nitrogen and oxygen atoms in total. The number of hydrogen-bond acceptors (Lipinski definition) is 1. The van der Waals surface area contributed by atoms with Gasteiger partial charge in [0.15, 0.2) is 0 Å². The molecule has 0 saturated heterocycles. The molecule has 1 aromatic heterocycles. The van der Waals surface area contributed by atoms with Crippen LogP contribution in [0.1, 0.15) is 31.2 Å². The fourth-order valence-corrected chi connectivity index (χ4v) is 0.902. The van der Waals surface area contributed by atoms with Gasteiger partial charge in [-0.1, -0.05) is 18.9 Å². The Morgan fingerprint density at radius 1 is 1.46 bits per heavy atom. The first kappa shape index (κ1) is 9.73. The Hall–Kier alpha value is -1.36. The molecule has 0 amide bonds. The lowest BCUT2D eigenvalue weighted by molar-refractivity contribution is 0.476. The predicted molar refractivity (Wildman–Crippen MR) is 50.8 cm³/mol. The molecule has 0 aliphatic heterocycles. The molecule has 1 rings (SSSR count). The van der Waals surface area contributed by atoms with Crippen LogP contribution in [0.4, 0.5) is 4.39 Å². The van der Waals surface area contributed by atoms with E-state index >= 15 is 0 Å². The number of alkyl halides is 1. The zero-order chi connectivity index (χ0) is 9.52. The van der Waals surface area contributed by atoms with E-state index < -0.39 is 6.67 Å². The minimum Gasteiger partial charge on any atom is -0.244 e. The van der Waals surface area contributed by atoms with Crippen molar-refractivity contribution in [3.05, 3.63) is 29.6 Å². The maximum absolute atomic E-state index is 12.2. The van der Waals surface area contributed by atoms with E-state index in [1.807, 2.05) is 0 Å². The molecule has 68 valence electrons. The minimum atomic E-state index is -0.525. The van der Waals surface area contributed by atoms with E-state index in [4.69, 9.17) is 0 Å². The largest absolute Gasteiger partial charge is 0.244 e. The van der Waals surface area contributed by atoms with E-state index in [1.54, 1.807) is 18.2 Å². The van der Waals surface area contributed by atoms with Gasteiger partial charge in [0.05, 0.1) is 5.69 Å². The van der Waals surface area contributed by atoms with Crippen LogP contribution in [0.5, 0.6) is 0 Å². The second kappa shape index (κ2) is 5.31. The van der Waals surface area contributed by atoms with Crippen LogP contribution in [0.15, 0.2) is 18.2 Å². The van der Waals surface area contributed by atoms with Crippen molar-refractivity contribution < 1.29 is 4.39 Å². The lowest BCUT2D eigenvalue weighted by Gasteiger charge is -1.93. The Morgan fingerprint density at radius 3 is 3.00 bits per heavy atom. The van der Waals surface area contributed by atoms with Crippen LogP contribution in [0.3, 0.4) is 0 Å². The van der Waals surface area contributed by atoms with Gasteiger partial charge in [0, 0.05) is 6.42 Å². The van der Waals surface area contributed by atoms with Gasteiger partial charge in [-0.2, -0.15) is 0 Å². The normalized spacial score (nSPS) is 9.08. The SMILES string of the molecule is CCCC#Cc1cccc(CF)n1. The summed E-state index contributed by atoms with van der Waals surface area (Å²) >= 11 is 0. The summed E-state index contributed by atoms with van der Waals surface area (Å²) < 4.78 is 12.2. The number of pyridine rings is 1. The zero-order valence-electron chi connectivity index (χ0n) is 7.68. The van der Waals surface area contributed by atoms with E-state index in [0.717, 1.165) is 12.8 Å². The molecular formula is C11H12FN. The Morgan fingerprint density at radius 2 is 2.31 bits per heavy atom. The van der Waals surface area contributed by atoms with Crippen molar-refractivity contribution in [2.24, 2.45) is 0 Å². The molecule has 1 heterocycles. The van der Waals surface area contributed by atoms with E-state index in [-0.39, 0.29) is 0 Å². The highest BCUT2D eigenvalue weighted by molar-refractivity contribution is 5.28. The molecule has 0 aromatic carbocycles. The molecule has 0 aliphatic rings. The minimum absolute atomic E-state index is 0.447. The van der Waals surface area contributed by atoms with Gasteiger partial charge in [0.25, 0.3) is 0 Å². The first-order valence-corrected chi connectivity index (χ1v) is 4.37. The van der Waals surface area contributed by atoms with E-state index in [0.29, 0.717) is 11.4 Å². The third kappa shape index (κ3) is 3.25. The molecule has 2 heteroatoms. The molecule has 13 heavy (non-hydrogen) atoms. The molecule has 0 fully saturated rings. The molecule has 0 radical (unpaired) electrons. The highest BCUT2D eigenvalue weighted by Crippen LogP contribution is 1.99. The summed E-state index contributed by atoms with van der Waals surface area (Å²) in [6.07, 6.45) is 1.90. The third-order valence-electron chi connectivity index (χ3n) is 1.54. The van der Waals surface area contributed by atoms with Crippen molar-refractivity contribution in [3.63, 3.8) is 0 Å². The number of aromatic nitrogens is 1. The van der Waals surface area contributed by atoms with Crippen molar-refractivity contribution in [2.75, 3.05) is 0 Å². The number of unbranched alkanes of at least 4 members (excludes halogenated alkanes) is 1. The van der Waals surface area contributed by atoms with Gasteiger partial charge >= 0.3 is 0 Å². The number of hydrogen-bond donors (Lipinski definition) is 0. The monoisotopic (exact) mass is 177 g/mol. The standard InChI is InChI=1S/C11H12FN/c1-2-3-4-6-10-7-5-8-11(9-12)13-10/h5,7-8H,2-3,9H2,1H3. The number of nitrogens with zero attached hydrogens (tertiary/aromatic N) is 1. The van der Waals surface area contributed by atoms with Crippen LogP contribution in [0.2, 0.25) is 0 Å². The van der Waals surface area contributed by atoms with Crippen LogP contribution in [0, 0.1) is 11.8 Å². The molecule has 0 N–H and O–H groups in total. The molecule has 1 aromatic rings. The first-order chi connectivity index (χ1) is 6.36. The summed E-state index contributed by atoms with van der Waals surface area (Å²) in [6, 6.07) is 5.23. The maximum atomic E-state index is 12.2. The van der Waals surface area contributed by atoms with E-state index in [2.05, 4.69) is 23.7 Å². The van der Waals surface area contributed by atoms with Crippen molar-refractivity contribution in [1.29, 1.82) is 0 Å². The maximum Gasteiger partial charge on any atom is 0.131 e. The third-order valence-corrected chi connectivity index (χ3v) is 1.54. The zero-order valence-corrected chi connectivity index (χ0v) is 7.68. The second-order valence-electron chi connectivity index (χ2n) is 2.70. The highest BCUT2D eigenvalue weighted by atomic mass is 19.1. The Bertz CT molecular complexity index is 322. The molecular weight excluding hydrogens is 165 g/mol. The molecule has 0 unspecified atom stereocenters. The topological polar surface area (TPSA) is 12.9 Å². The lowest BCUT2D eigenvalue weighted by Crippen LogP contribution is -1.88. The van der Waals surface area contributed by atoms with Crippen LogP contribution >= 0.6 is 0 Å². The predicted octanol–water partition coefficient (Wildman–Crippen LogP) is 2.70. The summed E-state index contributed by atoms with van der Waals surface area (Å²) in [5.41, 5.74) is 1.10. The summed E-state index contributed by atoms with van der Waals surface area (Å²) in [5.74, 6) is 5.86. The summed E-state index contributed by atoms with van der Waals surface area (Å²) in [5, 5.41) is 0. The van der Waals surface area contributed by atoms with Crippen molar-refractivity contribution in [2.45, 2.75) is 26.4 Å². The van der Waals surface area contributed by atoms with Crippen LogP contribution < -0.4 is 0 Å². The van der Waals surface area contributed by atoms with Crippen LogP contribution in [-0.2, 0) is 6.67 Å². The molecule has 0 atom stereocenters.